The average molecular weight is 243 g/mol. The number of nitrogen functional groups attached to an aromatic ring is 1. The third-order valence-electron chi connectivity index (χ3n) is 3.24. The van der Waals surface area contributed by atoms with E-state index in [0.29, 0.717) is 11.9 Å². The molecule has 2 N–H and O–H groups in total. The molecule has 1 aliphatic rings. The highest BCUT2D eigenvalue weighted by Crippen LogP contribution is 2.29. The molecule has 0 amide bonds. The molecule has 0 radical (unpaired) electrons. The number of anilines is 1. The molecule has 4 nitrogen and oxygen atoms in total. The summed E-state index contributed by atoms with van der Waals surface area (Å²) in [7, 11) is 0. The molecular formula is C14H17N3O. The summed E-state index contributed by atoms with van der Waals surface area (Å²) >= 11 is 0. The Morgan fingerprint density at radius 1 is 1.28 bits per heavy atom. The highest BCUT2D eigenvalue weighted by molar-refractivity contribution is 5.29. The Labute approximate surface area is 106 Å². The fourth-order valence-corrected chi connectivity index (χ4v) is 2.12. The number of furan rings is 1. The second-order valence-corrected chi connectivity index (χ2v) is 4.81. The minimum Gasteiger partial charge on any atom is -0.468 e. The van der Waals surface area contributed by atoms with E-state index in [1.54, 1.807) is 6.26 Å². The van der Waals surface area contributed by atoms with Gasteiger partial charge in [-0.05, 0) is 36.6 Å². The SMILES string of the molecule is Nc1ccc(CN(Cc2ccco2)C2CC2)cn1. The number of hydrogen-bond donors (Lipinski definition) is 1. The van der Waals surface area contributed by atoms with E-state index in [1.165, 1.54) is 18.4 Å². The maximum atomic E-state index is 5.60. The predicted molar refractivity (Wildman–Crippen MR) is 69.6 cm³/mol. The molecule has 0 aliphatic heterocycles. The van der Waals surface area contributed by atoms with Gasteiger partial charge in [-0.2, -0.15) is 0 Å². The molecule has 94 valence electrons. The summed E-state index contributed by atoms with van der Waals surface area (Å²) in [4.78, 5) is 6.57. The Morgan fingerprint density at radius 2 is 2.17 bits per heavy atom. The van der Waals surface area contributed by atoms with E-state index in [4.69, 9.17) is 10.2 Å². The van der Waals surface area contributed by atoms with E-state index >= 15 is 0 Å². The van der Waals surface area contributed by atoms with Crippen LogP contribution in [0.1, 0.15) is 24.2 Å². The summed E-state index contributed by atoms with van der Waals surface area (Å²) < 4.78 is 5.42. The van der Waals surface area contributed by atoms with E-state index in [0.717, 1.165) is 18.8 Å². The van der Waals surface area contributed by atoms with Crippen LogP contribution in [0.25, 0.3) is 0 Å². The van der Waals surface area contributed by atoms with Gasteiger partial charge in [-0.1, -0.05) is 6.07 Å². The fourth-order valence-electron chi connectivity index (χ4n) is 2.12. The summed E-state index contributed by atoms with van der Waals surface area (Å²) in [6, 6.07) is 8.54. The van der Waals surface area contributed by atoms with Crippen LogP contribution in [-0.4, -0.2) is 15.9 Å². The molecule has 2 heterocycles. The molecule has 2 aromatic heterocycles. The largest absolute Gasteiger partial charge is 0.468 e. The lowest BCUT2D eigenvalue weighted by atomic mass is 10.2. The van der Waals surface area contributed by atoms with Crippen molar-refractivity contribution in [1.29, 1.82) is 0 Å². The number of aromatic nitrogens is 1. The quantitative estimate of drug-likeness (QED) is 0.876. The molecule has 4 heteroatoms. The maximum absolute atomic E-state index is 5.60. The smallest absolute Gasteiger partial charge is 0.123 e. The van der Waals surface area contributed by atoms with Crippen LogP contribution in [0.3, 0.4) is 0 Å². The van der Waals surface area contributed by atoms with Crippen LogP contribution >= 0.6 is 0 Å². The van der Waals surface area contributed by atoms with Crippen molar-refractivity contribution in [2.24, 2.45) is 0 Å². The molecule has 0 bridgehead atoms. The molecule has 18 heavy (non-hydrogen) atoms. The van der Waals surface area contributed by atoms with Gasteiger partial charge in [-0.25, -0.2) is 4.98 Å². The van der Waals surface area contributed by atoms with Crippen molar-refractivity contribution in [3.05, 3.63) is 48.0 Å². The molecule has 0 spiro atoms. The number of nitrogens with two attached hydrogens (primary N) is 1. The Kier molecular flexibility index (Phi) is 3.02. The van der Waals surface area contributed by atoms with Crippen molar-refractivity contribution in [2.75, 3.05) is 5.73 Å². The Bertz CT molecular complexity index is 488. The molecular weight excluding hydrogens is 226 g/mol. The van der Waals surface area contributed by atoms with Crippen LogP contribution in [0.15, 0.2) is 41.1 Å². The Hall–Kier alpha value is -1.81. The number of pyridine rings is 1. The van der Waals surface area contributed by atoms with Gasteiger partial charge < -0.3 is 10.2 Å². The zero-order chi connectivity index (χ0) is 12.4. The van der Waals surface area contributed by atoms with E-state index in [1.807, 2.05) is 30.5 Å². The van der Waals surface area contributed by atoms with Gasteiger partial charge in [0, 0.05) is 18.8 Å². The lowest BCUT2D eigenvalue weighted by Gasteiger charge is -2.20. The van der Waals surface area contributed by atoms with Gasteiger partial charge in [0.1, 0.15) is 11.6 Å². The molecule has 1 fully saturated rings. The molecule has 0 unspecified atom stereocenters. The van der Waals surface area contributed by atoms with Crippen molar-refractivity contribution in [1.82, 2.24) is 9.88 Å². The normalized spacial score (nSPS) is 15.2. The Morgan fingerprint density at radius 3 is 2.78 bits per heavy atom. The van der Waals surface area contributed by atoms with Crippen molar-refractivity contribution in [3.63, 3.8) is 0 Å². The second-order valence-electron chi connectivity index (χ2n) is 4.81. The fraction of sp³-hybridized carbons (Fsp3) is 0.357. The average Bonchev–Trinajstić information content (AvgIpc) is 3.10. The van der Waals surface area contributed by atoms with Gasteiger partial charge >= 0.3 is 0 Å². The minimum atomic E-state index is 0.572. The number of nitrogens with zero attached hydrogens (tertiary/aromatic N) is 2. The molecule has 0 aromatic carbocycles. The third kappa shape index (κ3) is 2.71. The molecule has 1 aliphatic carbocycles. The molecule has 2 aromatic rings. The summed E-state index contributed by atoms with van der Waals surface area (Å²) in [6.07, 6.45) is 6.14. The lowest BCUT2D eigenvalue weighted by Crippen LogP contribution is -2.24. The Balaban J connectivity index is 1.68. The van der Waals surface area contributed by atoms with Crippen LogP contribution in [0, 0.1) is 0 Å². The van der Waals surface area contributed by atoms with Crippen molar-refractivity contribution >= 4 is 5.82 Å². The number of rotatable bonds is 5. The number of hydrogen-bond acceptors (Lipinski definition) is 4. The monoisotopic (exact) mass is 243 g/mol. The van der Waals surface area contributed by atoms with Crippen LogP contribution < -0.4 is 5.73 Å². The van der Waals surface area contributed by atoms with Crippen LogP contribution in [0.4, 0.5) is 5.82 Å². The molecule has 1 saturated carbocycles. The molecule has 0 atom stereocenters. The standard InChI is InChI=1S/C14H17N3O/c15-14-6-3-11(8-16-14)9-17(12-4-5-12)10-13-2-1-7-18-13/h1-3,6-8,12H,4-5,9-10H2,(H2,15,16). The van der Waals surface area contributed by atoms with Crippen LogP contribution in [0.5, 0.6) is 0 Å². The zero-order valence-electron chi connectivity index (χ0n) is 10.2. The van der Waals surface area contributed by atoms with E-state index in [2.05, 4.69) is 9.88 Å². The van der Waals surface area contributed by atoms with Crippen molar-refractivity contribution in [3.8, 4) is 0 Å². The first kappa shape index (κ1) is 11.3. The third-order valence-corrected chi connectivity index (χ3v) is 3.24. The van der Waals surface area contributed by atoms with E-state index < -0.39 is 0 Å². The van der Waals surface area contributed by atoms with Gasteiger partial charge in [-0.3, -0.25) is 4.90 Å². The summed E-state index contributed by atoms with van der Waals surface area (Å²) in [5, 5.41) is 0. The van der Waals surface area contributed by atoms with Gasteiger partial charge in [0.25, 0.3) is 0 Å². The van der Waals surface area contributed by atoms with Gasteiger partial charge in [0.15, 0.2) is 0 Å². The van der Waals surface area contributed by atoms with Crippen molar-refractivity contribution < 1.29 is 4.42 Å². The highest BCUT2D eigenvalue weighted by atomic mass is 16.3. The van der Waals surface area contributed by atoms with Crippen molar-refractivity contribution in [2.45, 2.75) is 32.0 Å². The topological polar surface area (TPSA) is 55.3 Å². The van der Waals surface area contributed by atoms with Gasteiger partial charge in [-0.15, -0.1) is 0 Å². The molecule has 0 saturated heterocycles. The lowest BCUT2D eigenvalue weighted by molar-refractivity contribution is 0.225. The first-order valence-corrected chi connectivity index (χ1v) is 6.28. The van der Waals surface area contributed by atoms with Crippen LogP contribution in [-0.2, 0) is 13.1 Å². The maximum Gasteiger partial charge on any atom is 0.123 e. The van der Waals surface area contributed by atoms with Crippen LogP contribution in [0.2, 0.25) is 0 Å². The first-order valence-electron chi connectivity index (χ1n) is 6.28. The minimum absolute atomic E-state index is 0.572. The van der Waals surface area contributed by atoms with Gasteiger partial charge in [0.2, 0.25) is 0 Å². The van der Waals surface area contributed by atoms with Gasteiger partial charge in [0.05, 0.1) is 12.8 Å². The van der Waals surface area contributed by atoms with E-state index in [9.17, 15) is 0 Å². The zero-order valence-corrected chi connectivity index (χ0v) is 10.2. The first-order chi connectivity index (χ1) is 8.81. The molecule has 3 rings (SSSR count). The predicted octanol–water partition coefficient (Wildman–Crippen LogP) is 2.42. The summed E-state index contributed by atoms with van der Waals surface area (Å²) in [5.74, 6) is 1.59. The summed E-state index contributed by atoms with van der Waals surface area (Å²) in [6.45, 7) is 1.76. The highest BCUT2D eigenvalue weighted by Gasteiger charge is 2.29. The second kappa shape index (κ2) is 4.82. The summed E-state index contributed by atoms with van der Waals surface area (Å²) in [5.41, 5.74) is 6.80. The van der Waals surface area contributed by atoms with E-state index in [-0.39, 0.29) is 0 Å².